The Morgan fingerprint density at radius 1 is 0.810 bits per heavy atom. The van der Waals surface area contributed by atoms with E-state index in [0.29, 0.717) is 6.61 Å². The fourth-order valence-electron chi connectivity index (χ4n) is 3.56. The molecule has 122 valence electrons. The van der Waals surface area contributed by atoms with Gasteiger partial charge in [0.1, 0.15) is 0 Å². The van der Waals surface area contributed by atoms with Gasteiger partial charge in [-0.25, -0.2) is 0 Å². The molecule has 0 aromatic heterocycles. The third-order valence-corrected chi connectivity index (χ3v) is 5.05. The highest BCUT2D eigenvalue weighted by Gasteiger charge is 2.19. The van der Waals surface area contributed by atoms with Crippen LogP contribution in [0.2, 0.25) is 0 Å². The van der Waals surface area contributed by atoms with Gasteiger partial charge in [0.15, 0.2) is 0 Å². The van der Waals surface area contributed by atoms with Crippen LogP contribution in [0.25, 0.3) is 0 Å². The smallest absolute Gasteiger partial charge is 0.0558 e. The van der Waals surface area contributed by atoms with Gasteiger partial charge in [0.05, 0.1) is 13.2 Å². The molecule has 4 nitrogen and oxygen atoms in total. The van der Waals surface area contributed by atoms with Crippen LogP contribution >= 0.6 is 0 Å². The zero-order chi connectivity index (χ0) is 14.9. The van der Waals surface area contributed by atoms with Gasteiger partial charge >= 0.3 is 0 Å². The molecule has 0 aromatic rings. The van der Waals surface area contributed by atoms with Gasteiger partial charge in [0, 0.05) is 13.1 Å². The van der Waals surface area contributed by atoms with Crippen LogP contribution in [0.15, 0.2) is 12.2 Å². The first kappa shape index (κ1) is 16.9. The molecule has 0 amide bonds. The van der Waals surface area contributed by atoms with Crippen molar-refractivity contribution in [2.75, 3.05) is 52.5 Å². The van der Waals surface area contributed by atoms with E-state index in [-0.39, 0.29) is 6.61 Å². The van der Waals surface area contributed by atoms with Crippen LogP contribution in [0, 0.1) is 11.8 Å². The molecule has 4 heteroatoms. The molecule has 2 aliphatic rings. The molecule has 0 unspecified atom stereocenters. The van der Waals surface area contributed by atoms with Gasteiger partial charge in [0.2, 0.25) is 0 Å². The van der Waals surface area contributed by atoms with Gasteiger partial charge in [-0.1, -0.05) is 12.2 Å². The minimum Gasteiger partial charge on any atom is -0.395 e. The quantitative estimate of drug-likeness (QED) is 0.696. The fraction of sp³-hybridized carbons (Fsp3) is 0.882. The van der Waals surface area contributed by atoms with Crippen molar-refractivity contribution in [2.24, 2.45) is 11.8 Å². The van der Waals surface area contributed by atoms with E-state index in [1.54, 1.807) is 0 Å². The summed E-state index contributed by atoms with van der Waals surface area (Å²) in [5.41, 5.74) is 0. The van der Waals surface area contributed by atoms with Gasteiger partial charge in [0.25, 0.3) is 0 Å². The number of rotatable bonds is 7. The minimum absolute atomic E-state index is 0.287. The molecule has 2 saturated heterocycles. The SMILES string of the molecule is OCCN1CCC(/C=C/CC2CCN(CCO)CC2)CC1. The number of allylic oxidation sites excluding steroid dienone is 2. The number of likely N-dealkylation sites (tertiary alicyclic amines) is 2. The Balaban J connectivity index is 1.59. The van der Waals surface area contributed by atoms with Crippen LogP contribution in [-0.2, 0) is 0 Å². The normalized spacial score (nSPS) is 24.1. The minimum atomic E-state index is 0.287. The van der Waals surface area contributed by atoms with Crippen LogP contribution in [0.1, 0.15) is 32.1 Å². The Hall–Kier alpha value is -0.420. The largest absolute Gasteiger partial charge is 0.395 e. The molecule has 0 spiro atoms. The standard InChI is InChI=1S/C17H32N2O2/c20-14-12-18-8-4-16(5-9-18)2-1-3-17-6-10-19(11-7-17)13-15-21/h1-2,16-17,20-21H,3-15H2/b2-1+. The summed E-state index contributed by atoms with van der Waals surface area (Å²) in [7, 11) is 0. The second kappa shape index (κ2) is 9.57. The van der Waals surface area contributed by atoms with Crippen molar-refractivity contribution in [3.63, 3.8) is 0 Å². The number of hydrogen-bond acceptors (Lipinski definition) is 4. The average molecular weight is 296 g/mol. The molecular weight excluding hydrogens is 264 g/mol. The van der Waals surface area contributed by atoms with E-state index in [1.165, 1.54) is 32.1 Å². The number of hydrogen-bond donors (Lipinski definition) is 2. The molecule has 2 fully saturated rings. The summed E-state index contributed by atoms with van der Waals surface area (Å²) in [6.07, 6.45) is 11.1. The highest BCUT2D eigenvalue weighted by Crippen LogP contribution is 2.23. The van der Waals surface area contributed by atoms with Crippen LogP contribution < -0.4 is 0 Å². The molecule has 0 bridgehead atoms. The van der Waals surface area contributed by atoms with E-state index in [4.69, 9.17) is 10.2 Å². The number of aliphatic hydroxyl groups excluding tert-OH is 2. The zero-order valence-electron chi connectivity index (χ0n) is 13.3. The maximum atomic E-state index is 8.95. The zero-order valence-corrected chi connectivity index (χ0v) is 13.3. The van der Waals surface area contributed by atoms with Crippen molar-refractivity contribution in [3.05, 3.63) is 12.2 Å². The molecule has 0 aromatic carbocycles. The first-order chi connectivity index (χ1) is 10.3. The number of aliphatic hydroxyl groups is 2. The first-order valence-corrected chi connectivity index (χ1v) is 8.65. The summed E-state index contributed by atoms with van der Waals surface area (Å²) in [6.45, 7) is 6.83. The van der Waals surface area contributed by atoms with E-state index in [0.717, 1.165) is 51.1 Å². The lowest BCUT2D eigenvalue weighted by molar-refractivity contribution is 0.148. The molecule has 0 aliphatic carbocycles. The summed E-state index contributed by atoms with van der Waals surface area (Å²) in [5, 5.41) is 17.9. The Morgan fingerprint density at radius 3 is 1.86 bits per heavy atom. The molecule has 2 N–H and O–H groups in total. The second-order valence-electron chi connectivity index (χ2n) is 6.58. The topological polar surface area (TPSA) is 46.9 Å². The predicted octanol–water partition coefficient (Wildman–Crippen LogP) is 1.34. The molecule has 2 aliphatic heterocycles. The Bertz CT molecular complexity index is 293. The van der Waals surface area contributed by atoms with Crippen LogP contribution in [0.4, 0.5) is 0 Å². The molecule has 2 rings (SSSR count). The van der Waals surface area contributed by atoms with Crippen molar-refractivity contribution in [1.29, 1.82) is 0 Å². The van der Waals surface area contributed by atoms with Gasteiger partial charge in [-0.2, -0.15) is 0 Å². The van der Waals surface area contributed by atoms with E-state index in [1.807, 2.05) is 0 Å². The summed E-state index contributed by atoms with van der Waals surface area (Å²) in [6, 6.07) is 0. The Morgan fingerprint density at radius 2 is 1.33 bits per heavy atom. The van der Waals surface area contributed by atoms with E-state index >= 15 is 0 Å². The monoisotopic (exact) mass is 296 g/mol. The first-order valence-electron chi connectivity index (χ1n) is 8.65. The van der Waals surface area contributed by atoms with E-state index in [2.05, 4.69) is 22.0 Å². The third-order valence-electron chi connectivity index (χ3n) is 5.05. The van der Waals surface area contributed by atoms with Crippen molar-refractivity contribution in [1.82, 2.24) is 9.80 Å². The molecule has 0 radical (unpaired) electrons. The lowest BCUT2D eigenvalue weighted by Gasteiger charge is -2.31. The van der Waals surface area contributed by atoms with E-state index in [9.17, 15) is 0 Å². The lowest BCUT2D eigenvalue weighted by Crippen LogP contribution is -2.35. The predicted molar refractivity (Wildman–Crippen MR) is 86.3 cm³/mol. The lowest BCUT2D eigenvalue weighted by atomic mass is 9.91. The Kier molecular flexibility index (Phi) is 7.72. The van der Waals surface area contributed by atoms with Crippen LogP contribution in [0.5, 0.6) is 0 Å². The molecular formula is C17H32N2O2. The number of β-amino-alcohol motifs (C(OH)–C–C–N with tert-alkyl or cyclic N) is 2. The summed E-state index contributed by atoms with van der Waals surface area (Å²) in [5.74, 6) is 1.58. The fourth-order valence-corrected chi connectivity index (χ4v) is 3.56. The summed E-state index contributed by atoms with van der Waals surface area (Å²) < 4.78 is 0. The van der Waals surface area contributed by atoms with Crippen molar-refractivity contribution in [3.8, 4) is 0 Å². The summed E-state index contributed by atoms with van der Waals surface area (Å²) in [4.78, 5) is 4.73. The molecule has 0 saturated carbocycles. The maximum absolute atomic E-state index is 8.95. The van der Waals surface area contributed by atoms with E-state index < -0.39 is 0 Å². The second-order valence-corrected chi connectivity index (χ2v) is 6.58. The van der Waals surface area contributed by atoms with Crippen molar-refractivity contribution < 1.29 is 10.2 Å². The molecule has 21 heavy (non-hydrogen) atoms. The third kappa shape index (κ3) is 6.07. The van der Waals surface area contributed by atoms with Gasteiger partial charge in [-0.3, -0.25) is 0 Å². The average Bonchev–Trinajstić information content (AvgIpc) is 2.51. The van der Waals surface area contributed by atoms with Gasteiger partial charge in [-0.05, 0) is 70.1 Å². The Labute approximate surface area is 129 Å². The molecule has 2 heterocycles. The van der Waals surface area contributed by atoms with Crippen molar-refractivity contribution >= 4 is 0 Å². The van der Waals surface area contributed by atoms with Crippen LogP contribution in [-0.4, -0.2) is 72.5 Å². The highest BCUT2D eigenvalue weighted by molar-refractivity contribution is 4.93. The van der Waals surface area contributed by atoms with Crippen LogP contribution in [0.3, 0.4) is 0 Å². The number of nitrogens with zero attached hydrogens (tertiary/aromatic N) is 2. The summed E-state index contributed by atoms with van der Waals surface area (Å²) >= 11 is 0. The van der Waals surface area contributed by atoms with Gasteiger partial charge in [-0.15, -0.1) is 0 Å². The molecule has 0 atom stereocenters. The maximum Gasteiger partial charge on any atom is 0.0558 e. The number of piperidine rings is 2. The van der Waals surface area contributed by atoms with Gasteiger partial charge < -0.3 is 20.0 Å². The van der Waals surface area contributed by atoms with Crippen molar-refractivity contribution in [2.45, 2.75) is 32.1 Å². The highest BCUT2D eigenvalue weighted by atomic mass is 16.3.